The Morgan fingerprint density at radius 3 is 2.33 bits per heavy atom. The number of carbonyl (C=O) groups is 1. The second-order valence-electron chi connectivity index (χ2n) is 12.9. The molecule has 6 nitrogen and oxygen atoms in total. The van der Waals surface area contributed by atoms with Crippen LogP contribution in [0.1, 0.15) is 85.5 Å². The van der Waals surface area contributed by atoms with E-state index in [1.165, 1.54) is 0 Å². The first-order valence-electron chi connectivity index (χ1n) is 13.3. The Morgan fingerprint density at radius 2 is 1.67 bits per heavy atom. The summed E-state index contributed by atoms with van der Waals surface area (Å²) in [5, 5.41) is 53.0. The van der Waals surface area contributed by atoms with E-state index in [4.69, 9.17) is 0 Å². The predicted octanol–water partition coefficient (Wildman–Crippen LogP) is 3.45. The van der Waals surface area contributed by atoms with Gasteiger partial charge in [-0.25, -0.2) is 0 Å². The highest BCUT2D eigenvalue weighted by Crippen LogP contribution is 2.68. The summed E-state index contributed by atoms with van der Waals surface area (Å²) in [5.74, 6) is 0.0176. The minimum atomic E-state index is -0.878. The predicted molar refractivity (Wildman–Crippen MR) is 125 cm³/mol. The smallest absolute Gasteiger partial charge is 0.306 e. The van der Waals surface area contributed by atoms with Crippen molar-refractivity contribution >= 4 is 5.97 Å². The van der Waals surface area contributed by atoms with Gasteiger partial charge in [-0.15, -0.1) is 0 Å². The van der Waals surface area contributed by atoms with Crippen LogP contribution in [0.4, 0.5) is 0 Å². The number of fused-ring (bicyclic) bond motifs is 5. The highest BCUT2D eigenvalue weighted by atomic mass is 16.4. The summed E-state index contributed by atoms with van der Waals surface area (Å²) >= 11 is 0. The quantitative estimate of drug-likeness (QED) is 0.409. The molecule has 0 aromatic rings. The SMILES string of the molecule is CC(C[C@H](O)C[C@@H](C)[C@H]1CC[C@H]2[C@@H]3[C@H](O)C[C@@H]4C[C@H](O)CC[C@]4(C)[C@H]3C[C@H](O)[C@]12C)C(=O)O. The molecule has 4 rings (SSSR count). The summed E-state index contributed by atoms with van der Waals surface area (Å²) in [4.78, 5) is 11.2. The molecule has 0 saturated heterocycles. The van der Waals surface area contributed by atoms with Crippen molar-refractivity contribution < 1.29 is 30.3 Å². The van der Waals surface area contributed by atoms with Crippen LogP contribution in [0.3, 0.4) is 0 Å². The second kappa shape index (κ2) is 9.07. The van der Waals surface area contributed by atoms with Crippen molar-refractivity contribution in [1.82, 2.24) is 0 Å². The molecule has 0 aromatic heterocycles. The monoisotopic (exact) mass is 466 g/mol. The minimum absolute atomic E-state index is 0.0678. The number of hydrogen-bond acceptors (Lipinski definition) is 5. The van der Waals surface area contributed by atoms with Crippen LogP contribution < -0.4 is 0 Å². The lowest BCUT2D eigenvalue weighted by Crippen LogP contribution is -2.62. The average molecular weight is 467 g/mol. The van der Waals surface area contributed by atoms with Crippen LogP contribution in [-0.4, -0.2) is 55.9 Å². The number of carboxylic acid groups (broad SMARTS) is 1. The van der Waals surface area contributed by atoms with Gasteiger partial charge in [0.05, 0.1) is 30.3 Å². The molecule has 5 N–H and O–H groups in total. The number of hydrogen-bond donors (Lipinski definition) is 5. The van der Waals surface area contributed by atoms with E-state index in [1.807, 2.05) is 0 Å². The van der Waals surface area contributed by atoms with Gasteiger partial charge >= 0.3 is 5.97 Å². The Morgan fingerprint density at radius 1 is 0.970 bits per heavy atom. The largest absolute Gasteiger partial charge is 0.481 e. The van der Waals surface area contributed by atoms with E-state index >= 15 is 0 Å². The molecule has 0 bridgehead atoms. The van der Waals surface area contributed by atoms with Gasteiger partial charge in [-0.05, 0) is 104 Å². The third-order valence-corrected chi connectivity index (χ3v) is 11.2. The Hall–Kier alpha value is -0.690. The maximum absolute atomic E-state index is 11.6. The first-order chi connectivity index (χ1) is 15.4. The number of rotatable bonds is 6. The van der Waals surface area contributed by atoms with E-state index in [1.54, 1.807) is 6.92 Å². The van der Waals surface area contributed by atoms with E-state index in [0.29, 0.717) is 18.8 Å². The van der Waals surface area contributed by atoms with Gasteiger partial charge in [0.25, 0.3) is 0 Å². The molecule has 4 aliphatic carbocycles. The van der Waals surface area contributed by atoms with Gasteiger partial charge in [0.1, 0.15) is 0 Å². The maximum atomic E-state index is 11.6. The fourth-order valence-electron chi connectivity index (χ4n) is 9.33. The van der Waals surface area contributed by atoms with Crippen LogP contribution in [0, 0.1) is 52.3 Å². The zero-order valence-corrected chi connectivity index (χ0v) is 20.9. The number of aliphatic carboxylic acids is 1. The van der Waals surface area contributed by atoms with Crippen LogP contribution in [0.5, 0.6) is 0 Å². The van der Waals surface area contributed by atoms with Crippen LogP contribution in [0.15, 0.2) is 0 Å². The molecule has 190 valence electrons. The lowest BCUT2D eigenvalue weighted by molar-refractivity contribution is -0.207. The molecular weight excluding hydrogens is 420 g/mol. The average Bonchev–Trinajstić information content (AvgIpc) is 3.08. The van der Waals surface area contributed by atoms with Gasteiger partial charge in [0.15, 0.2) is 0 Å². The first-order valence-corrected chi connectivity index (χ1v) is 13.3. The van der Waals surface area contributed by atoms with Crippen molar-refractivity contribution in [1.29, 1.82) is 0 Å². The van der Waals surface area contributed by atoms with Crippen LogP contribution in [0.2, 0.25) is 0 Å². The number of aliphatic hydroxyl groups is 4. The Balaban J connectivity index is 1.53. The molecule has 6 heteroatoms. The van der Waals surface area contributed by atoms with Crippen molar-refractivity contribution in [3.63, 3.8) is 0 Å². The summed E-state index contributed by atoms with van der Waals surface area (Å²) in [7, 11) is 0. The zero-order chi connectivity index (χ0) is 24.3. The summed E-state index contributed by atoms with van der Waals surface area (Å²) in [6, 6.07) is 0. The third kappa shape index (κ3) is 4.17. The number of aliphatic hydroxyl groups excluding tert-OH is 4. The van der Waals surface area contributed by atoms with Gasteiger partial charge in [-0.1, -0.05) is 27.7 Å². The zero-order valence-electron chi connectivity index (χ0n) is 20.9. The fraction of sp³-hybridized carbons (Fsp3) is 0.963. The van der Waals surface area contributed by atoms with Gasteiger partial charge in [0, 0.05) is 0 Å². The second-order valence-corrected chi connectivity index (χ2v) is 12.9. The fourth-order valence-corrected chi connectivity index (χ4v) is 9.33. The van der Waals surface area contributed by atoms with Crippen molar-refractivity contribution in [2.45, 2.75) is 110 Å². The molecule has 33 heavy (non-hydrogen) atoms. The maximum Gasteiger partial charge on any atom is 0.306 e. The van der Waals surface area contributed by atoms with E-state index in [-0.39, 0.29) is 59.0 Å². The molecule has 0 aliphatic heterocycles. The van der Waals surface area contributed by atoms with Gasteiger partial charge in [-0.3, -0.25) is 4.79 Å². The lowest BCUT2D eigenvalue weighted by Gasteiger charge is -2.63. The first kappa shape index (κ1) is 25.4. The standard InChI is InChI=1S/C27H46O6/c1-14(9-18(29)10-15(2)25(32)33)19-5-6-20-24-21(13-23(31)27(19,20)4)26(3)8-7-17(28)11-16(26)12-22(24)30/h14-24,28-31H,5-13H2,1-4H3,(H,32,33)/t14-,15?,16+,17-,18-,19-,20+,21+,22-,23+,24+,26+,27-/m1/s1. The van der Waals surface area contributed by atoms with Crippen molar-refractivity contribution in [3.05, 3.63) is 0 Å². The number of carboxylic acids is 1. The molecule has 0 spiro atoms. The molecule has 0 aromatic carbocycles. The van der Waals surface area contributed by atoms with E-state index in [2.05, 4.69) is 20.8 Å². The van der Waals surface area contributed by atoms with Gasteiger partial charge < -0.3 is 25.5 Å². The Labute approximate surface area is 198 Å². The highest BCUT2D eigenvalue weighted by molar-refractivity contribution is 5.69. The highest BCUT2D eigenvalue weighted by Gasteiger charge is 2.65. The molecule has 4 fully saturated rings. The topological polar surface area (TPSA) is 118 Å². The normalized spacial score (nSPS) is 49.9. The van der Waals surface area contributed by atoms with Gasteiger partial charge in [0.2, 0.25) is 0 Å². The van der Waals surface area contributed by atoms with Crippen LogP contribution >= 0.6 is 0 Å². The molecule has 0 amide bonds. The van der Waals surface area contributed by atoms with E-state index in [0.717, 1.165) is 38.5 Å². The molecule has 0 heterocycles. The van der Waals surface area contributed by atoms with Crippen LogP contribution in [-0.2, 0) is 4.79 Å². The summed E-state index contributed by atoms with van der Waals surface area (Å²) in [6.45, 7) is 8.34. The van der Waals surface area contributed by atoms with E-state index in [9.17, 15) is 30.3 Å². The molecular formula is C27H46O6. The Bertz CT molecular complexity index is 727. The summed E-state index contributed by atoms with van der Waals surface area (Å²) in [6.07, 6.45) is 5.04. The lowest BCUT2D eigenvalue weighted by atomic mass is 9.43. The molecule has 13 atom stereocenters. The van der Waals surface area contributed by atoms with Gasteiger partial charge in [-0.2, -0.15) is 0 Å². The molecule has 0 radical (unpaired) electrons. The minimum Gasteiger partial charge on any atom is -0.481 e. The summed E-state index contributed by atoms with van der Waals surface area (Å²) < 4.78 is 0. The molecule has 4 aliphatic rings. The van der Waals surface area contributed by atoms with E-state index < -0.39 is 24.1 Å². The van der Waals surface area contributed by atoms with Crippen molar-refractivity contribution in [2.24, 2.45) is 52.3 Å². The Kier molecular flexibility index (Phi) is 6.98. The summed E-state index contributed by atoms with van der Waals surface area (Å²) in [5.41, 5.74) is -0.227. The third-order valence-electron chi connectivity index (χ3n) is 11.2. The van der Waals surface area contributed by atoms with Crippen LogP contribution in [0.25, 0.3) is 0 Å². The van der Waals surface area contributed by atoms with Crippen molar-refractivity contribution in [2.75, 3.05) is 0 Å². The molecule has 4 saturated carbocycles. The van der Waals surface area contributed by atoms with Crippen molar-refractivity contribution in [3.8, 4) is 0 Å². The molecule has 1 unspecified atom stereocenters.